The second-order valence-corrected chi connectivity index (χ2v) is 10.1. The highest BCUT2D eigenvalue weighted by molar-refractivity contribution is 5.96. The summed E-state index contributed by atoms with van der Waals surface area (Å²) in [5.41, 5.74) is 13.1. The fraction of sp³-hybridized carbons (Fsp3) is 0.407. The molecule has 11 heteroatoms. The lowest BCUT2D eigenvalue weighted by atomic mass is 9.75. The molecule has 2 aromatic carbocycles. The van der Waals surface area contributed by atoms with Crippen LogP contribution in [0.25, 0.3) is 0 Å². The van der Waals surface area contributed by atoms with Gasteiger partial charge in [0.25, 0.3) is 0 Å². The maximum atomic E-state index is 15.2. The topological polar surface area (TPSA) is 148 Å². The van der Waals surface area contributed by atoms with E-state index < -0.39 is 29.3 Å². The Hall–Kier alpha value is -3.99. The minimum absolute atomic E-state index is 0.00487. The Bertz CT molecular complexity index is 1280. The van der Waals surface area contributed by atoms with Gasteiger partial charge in [-0.2, -0.15) is 0 Å². The van der Waals surface area contributed by atoms with Gasteiger partial charge in [0.15, 0.2) is 0 Å². The van der Waals surface area contributed by atoms with Crippen molar-refractivity contribution in [2.45, 2.75) is 38.2 Å². The smallest absolute Gasteiger partial charge is 0.414 e. The first-order chi connectivity index (χ1) is 18.0. The number of rotatable bonds is 9. The van der Waals surface area contributed by atoms with Crippen LogP contribution in [0.4, 0.5) is 14.9 Å². The maximum Gasteiger partial charge on any atom is 0.414 e. The number of nitrogens with zero attached hydrogens (tertiary/aromatic N) is 2. The normalized spacial score (nSPS) is 18.1. The van der Waals surface area contributed by atoms with Gasteiger partial charge in [-0.3, -0.25) is 19.3 Å². The third kappa shape index (κ3) is 5.62. The van der Waals surface area contributed by atoms with Gasteiger partial charge in [0.1, 0.15) is 11.9 Å². The summed E-state index contributed by atoms with van der Waals surface area (Å²) in [5.74, 6) is -1.51. The Balaban J connectivity index is 1.41. The summed E-state index contributed by atoms with van der Waals surface area (Å²) in [7, 11) is 0. The van der Waals surface area contributed by atoms with Crippen LogP contribution in [-0.4, -0.2) is 67.5 Å². The van der Waals surface area contributed by atoms with Gasteiger partial charge >= 0.3 is 6.09 Å². The number of halogens is 1. The predicted octanol–water partition coefficient (Wildman–Crippen LogP) is 1.23. The Morgan fingerprint density at radius 3 is 2.55 bits per heavy atom. The molecule has 38 heavy (non-hydrogen) atoms. The average Bonchev–Trinajstić information content (AvgIpc) is 3.21. The van der Waals surface area contributed by atoms with E-state index in [4.69, 9.17) is 16.2 Å². The number of nitrogens with two attached hydrogens (primary N) is 2. The maximum absolute atomic E-state index is 15.2. The molecule has 5 N–H and O–H groups in total. The van der Waals surface area contributed by atoms with Gasteiger partial charge in [-0.1, -0.05) is 25.1 Å². The van der Waals surface area contributed by atoms with E-state index in [0.29, 0.717) is 48.4 Å². The number of cyclic esters (lactones) is 1. The van der Waals surface area contributed by atoms with Crippen molar-refractivity contribution in [2.24, 2.45) is 11.5 Å². The molecule has 0 aromatic heterocycles. The van der Waals surface area contributed by atoms with Crippen LogP contribution < -0.4 is 21.7 Å². The van der Waals surface area contributed by atoms with Crippen LogP contribution >= 0.6 is 0 Å². The zero-order valence-corrected chi connectivity index (χ0v) is 21.5. The first-order valence-corrected chi connectivity index (χ1v) is 12.4. The highest BCUT2D eigenvalue weighted by Crippen LogP contribution is 2.37. The Kier molecular flexibility index (Phi) is 7.68. The molecule has 0 unspecified atom stereocenters. The molecule has 0 radical (unpaired) electrons. The number of amides is 4. The quantitative estimate of drug-likeness (QED) is 0.449. The number of nitrogens with one attached hydrogen (secondary N) is 1. The third-order valence-corrected chi connectivity index (χ3v) is 7.01. The van der Waals surface area contributed by atoms with Crippen LogP contribution in [-0.2, 0) is 32.6 Å². The van der Waals surface area contributed by atoms with Gasteiger partial charge in [0, 0.05) is 31.0 Å². The monoisotopic (exact) mass is 525 g/mol. The molecule has 2 fully saturated rings. The molecule has 2 saturated heterocycles. The Labute approximate surface area is 220 Å². The number of anilines is 1. The van der Waals surface area contributed by atoms with Crippen molar-refractivity contribution < 1.29 is 28.3 Å². The minimum Gasteiger partial charge on any atom is -0.442 e. The molecule has 1 atom stereocenters. The number of primary amides is 1. The number of carbonyl (C=O) groups is 4. The molecule has 0 bridgehead atoms. The molecule has 10 nitrogen and oxygen atoms in total. The van der Waals surface area contributed by atoms with Crippen LogP contribution in [0.2, 0.25) is 0 Å². The second-order valence-electron chi connectivity index (χ2n) is 10.1. The van der Waals surface area contributed by atoms with Gasteiger partial charge in [-0.15, -0.1) is 0 Å². The number of hydrogen-bond donors (Lipinski definition) is 3. The molecule has 0 saturated carbocycles. The molecular weight excluding hydrogens is 493 g/mol. The van der Waals surface area contributed by atoms with Crippen LogP contribution in [0.3, 0.4) is 0 Å². The van der Waals surface area contributed by atoms with Crippen molar-refractivity contribution in [2.75, 3.05) is 37.6 Å². The van der Waals surface area contributed by atoms with E-state index in [9.17, 15) is 19.2 Å². The van der Waals surface area contributed by atoms with Crippen molar-refractivity contribution >= 4 is 29.5 Å². The molecule has 2 aliphatic rings. The largest absolute Gasteiger partial charge is 0.442 e. The molecule has 4 rings (SSSR count). The van der Waals surface area contributed by atoms with Crippen molar-refractivity contribution in [1.29, 1.82) is 0 Å². The van der Waals surface area contributed by atoms with Gasteiger partial charge in [0.05, 0.1) is 25.2 Å². The van der Waals surface area contributed by atoms with E-state index in [1.54, 1.807) is 35.2 Å². The summed E-state index contributed by atoms with van der Waals surface area (Å²) in [6.07, 6.45) is -0.512. The summed E-state index contributed by atoms with van der Waals surface area (Å²) in [5, 5.41) is 2.60. The van der Waals surface area contributed by atoms with Gasteiger partial charge in [-0.25, -0.2) is 9.18 Å². The molecule has 202 valence electrons. The number of likely N-dealkylation sites (tertiary alicyclic amines) is 1. The summed E-state index contributed by atoms with van der Waals surface area (Å²) >= 11 is 0. The highest BCUT2D eigenvalue weighted by Gasteiger charge is 2.44. The van der Waals surface area contributed by atoms with Crippen molar-refractivity contribution in [3.63, 3.8) is 0 Å². The van der Waals surface area contributed by atoms with E-state index in [0.717, 1.165) is 5.56 Å². The molecule has 2 aromatic rings. The predicted molar refractivity (Wildman–Crippen MR) is 138 cm³/mol. The van der Waals surface area contributed by atoms with E-state index in [1.807, 2.05) is 6.92 Å². The van der Waals surface area contributed by atoms with Gasteiger partial charge < -0.3 is 26.4 Å². The van der Waals surface area contributed by atoms with Gasteiger partial charge in [-0.05, 0) is 47.9 Å². The van der Waals surface area contributed by atoms with Crippen molar-refractivity contribution in [1.82, 2.24) is 10.2 Å². The molecule has 0 spiro atoms. The zero-order valence-electron chi connectivity index (χ0n) is 21.5. The summed E-state index contributed by atoms with van der Waals surface area (Å²) in [6.45, 7) is 4.67. The Morgan fingerprint density at radius 2 is 1.92 bits per heavy atom. The van der Waals surface area contributed by atoms with E-state index in [1.165, 1.54) is 17.9 Å². The van der Waals surface area contributed by atoms with E-state index >= 15 is 4.39 Å². The molecule has 2 heterocycles. The summed E-state index contributed by atoms with van der Waals surface area (Å²) < 4.78 is 20.5. The summed E-state index contributed by atoms with van der Waals surface area (Å²) in [6, 6.07) is 9.74. The third-order valence-electron chi connectivity index (χ3n) is 7.01. The second kappa shape index (κ2) is 10.8. The van der Waals surface area contributed by atoms with Crippen LogP contribution in [0.1, 0.15) is 40.9 Å². The van der Waals surface area contributed by atoms with Crippen LogP contribution in [0.15, 0.2) is 36.4 Å². The lowest BCUT2D eigenvalue weighted by Crippen LogP contribution is -2.60. The molecule has 2 aliphatic heterocycles. The minimum atomic E-state index is -0.606. The molecule has 0 aliphatic carbocycles. The van der Waals surface area contributed by atoms with E-state index in [-0.39, 0.29) is 31.3 Å². The lowest BCUT2D eigenvalue weighted by Gasteiger charge is -2.48. The fourth-order valence-electron chi connectivity index (χ4n) is 5.03. The summed E-state index contributed by atoms with van der Waals surface area (Å²) in [4.78, 5) is 51.2. The number of ether oxygens (including phenoxy) is 1. The highest BCUT2D eigenvalue weighted by atomic mass is 19.1. The SMILES string of the molecule is CC(=O)NC[C@H]1CN(c2ccc(C3(C)CN(C(=O)Cc4cc(CCN)ccc4C(N)=O)C3)c(F)c2)C(=O)O1. The van der Waals surface area contributed by atoms with Crippen molar-refractivity contribution in [3.8, 4) is 0 Å². The van der Waals surface area contributed by atoms with E-state index in [2.05, 4.69) is 5.32 Å². The van der Waals surface area contributed by atoms with Crippen LogP contribution in [0.5, 0.6) is 0 Å². The average molecular weight is 526 g/mol. The number of benzene rings is 2. The standard InChI is InChI=1S/C27H32FN5O5/c1-16(34)31-12-20-13-33(26(37)38-20)19-4-6-22(23(28)11-19)27(2)14-32(15-27)24(35)10-18-9-17(7-8-29)3-5-21(18)25(30)36/h3-6,9,11,20H,7-8,10,12-15,29H2,1-2H3,(H2,30,36)(H,31,34)/t20-/m0/s1. The molecular formula is C27H32FN5O5. The number of carbonyl (C=O) groups excluding carboxylic acids is 4. The fourth-order valence-corrected chi connectivity index (χ4v) is 5.03. The number of hydrogen-bond acceptors (Lipinski definition) is 6. The first kappa shape index (κ1) is 27.1. The Morgan fingerprint density at radius 1 is 1.18 bits per heavy atom. The van der Waals surface area contributed by atoms with Gasteiger partial charge in [0.2, 0.25) is 17.7 Å². The van der Waals surface area contributed by atoms with Crippen molar-refractivity contribution in [3.05, 3.63) is 64.5 Å². The first-order valence-electron chi connectivity index (χ1n) is 12.4. The molecule has 4 amide bonds. The van der Waals surface area contributed by atoms with Crippen LogP contribution in [0, 0.1) is 5.82 Å². The zero-order chi connectivity index (χ0) is 27.6. The lowest BCUT2D eigenvalue weighted by molar-refractivity contribution is -0.137.